The summed E-state index contributed by atoms with van der Waals surface area (Å²) in [7, 11) is 3.23. The minimum atomic E-state index is -0.741. The van der Waals surface area contributed by atoms with E-state index in [2.05, 4.69) is 4.90 Å². The number of ether oxygens (including phenoxy) is 4. The van der Waals surface area contributed by atoms with Gasteiger partial charge in [-0.3, -0.25) is 4.90 Å². The number of carbonyl (C=O) groups is 1. The van der Waals surface area contributed by atoms with Gasteiger partial charge < -0.3 is 24.1 Å². The van der Waals surface area contributed by atoms with Crippen LogP contribution in [0, 0.1) is 0 Å². The van der Waals surface area contributed by atoms with Gasteiger partial charge in [-0.1, -0.05) is 6.07 Å². The van der Waals surface area contributed by atoms with Crippen molar-refractivity contribution in [2.24, 2.45) is 0 Å². The molecular weight excluding hydrogens is 410 g/mol. The summed E-state index contributed by atoms with van der Waals surface area (Å²) in [4.78, 5) is 14.2. The third-order valence-corrected chi connectivity index (χ3v) is 6.64. The molecule has 7 heteroatoms. The van der Waals surface area contributed by atoms with E-state index in [0.29, 0.717) is 17.2 Å². The van der Waals surface area contributed by atoms with Crippen molar-refractivity contribution in [2.75, 3.05) is 27.4 Å². The van der Waals surface area contributed by atoms with Crippen LogP contribution in [0.1, 0.15) is 37.0 Å². The number of aliphatic hydroxyl groups is 1. The summed E-state index contributed by atoms with van der Waals surface area (Å²) in [5, 5.41) is 15.2. The molecule has 3 aromatic rings. The zero-order valence-electron chi connectivity index (χ0n) is 18.5. The Bertz CT molecular complexity index is 1210. The van der Waals surface area contributed by atoms with Gasteiger partial charge >= 0.3 is 6.16 Å². The molecule has 0 bridgehead atoms. The SMILES string of the molecule is CCOC(=O)Oc1ccc2c3c(c4cc(OC)c(OC)cc4c2c1)CN1CCC[C@H]1[C@H]3O. The van der Waals surface area contributed by atoms with Crippen LogP contribution in [-0.2, 0) is 11.3 Å². The van der Waals surface area contributed by atoms with Crippen LogP contribution in [0.15, 0.2) is 30.3 Å². The van der Waals surface area contributed by atoms with Crippen molar-refractivity contribution in [3.05, 3.63) is 41.5 Å². The summed E-state index contributed by atoms with van der Waals surface area (Å²) in [5.41, 5.74) is 2.06. The van der Waals surface area contributed by atoms with Gasteiger partial charge in [-0.05, 0) is 83.2 Å². The predicted molar refractivity (Wildman–Crippen MR) is 121 cm³/mol. The highest BCUT2D eigenvalue weighted by Gasteiger charge is 2.39. The van der Waals surface area contributed by atoms with Crippen LogP contribution in [0.5, 0.6) is 17.2 Å². The molecule has 0 unspecified atom stereocenters. The fraction of sp³-hybridized carbons (Fsp3) is 0.400. The Balaban J connectivity index is 1.79. The van der Waals surface area contributed by atoms with Crippen LogP contribution >= 0.6 is 0 Å². The Morgan fingerprint density at radius 3 is 2.50 bits per heavy atom. The molecule has 1 saturated heterocycles. The number of hydrogen-bond acceptors (Lipinski definition) is 7. The summed E-state index contributed by atoms with van der Waals surface area (Å²) >= 11 is 0. The molecule has 2 heterocycles. The highest BCUT2D eigenvalue weighted by molar-refractivity contribution is 6.12. The minimum absolute atomic E-state index is 0.124. The fourth-order valence-electron chi connectivity index (χ4n) is 5.26. The molecule has 0 aliphatic carbocycles. The molecule has 0 amide bonds. The van der Waals surface area contributed by atoms with E-state index in [1.54, 1.807) is 27.2 Å². The first kappa shape index (κ1) is 20.8. The van der Waals surface area contributed by atoms with Crippen molar-refractivity contribution in [2.45, 2.75) is 38.5 Å². The maximum Gasteiger partial charge on any atom is 0.513 e. The molecule has 0 saturated carbocycles. The first-order chi connectivity index (χ1) is 15.5. The molecule has 3 aromatic carbocycles. The second-order valence-corrected chi connectivity index (χ2v) is 8.26. The maximum absolute atomic E-state index is 11.9. The van der Waals surface area contributed by atoms with Crippen molar-refractivity contribution in [3.63, 3.8) is 0 Å². The van der Waals surface area contributed by atoms with Crippen molar-refractivity contribution in [1.82, 2.24) is 4.90 Å². The van der Waals surface area contributed by atoms with E-state index in [9.17, 15) is 9.90 Å². The summed E-state index contributed by atoms with van der Waals surface area (Å²) in [5.74, 6) is 1.65. The van der Waals surface area contributed by atoms with Crippen LogP contribution in [0.2, 0.25) is 0 Å². The van der Waals surface area contributed by atoms with E-state index in [0.717, 1.165) is 58.6 Å². The van der Waals surface area contributed by atoms with E-state index in [-0.39, 0.29) is 12.6 Å². The Morgan fingerprint density at radius 2 is 1.78 bits per heavy atom. The summed E-state index contributed by atoms with van der Waals surface area (Å²) < 4.78 is 21.4. The molecule has 2 atom stereocenters. The molecule has 2 aliphatic rings. The van der Waals surface area contributed by atoms with E-state index >= 15 is 0 Å². The van der Waals surface area contributed by atoms with Gasteiger partial charge in [-0.2, -0.15) is 0 Å². The van der Waals surface area contributed by atoms with Crippen molar-refractivity contribution >= 4 is 27.7 Å². The third kappa shape index (κ3) is 3.24. The zero-order chi connectivity index (χ0) is 22.4. The first-order valence-corrected chi connectivity index (χ1v) is 11.0. The van der Waals surface area contributed by atoms with Crippen molar-refractivity contribution in [1.29, 1.82) is 0 Å². The highest BCUT2D eigenvalue weighted by Crippen LogP contribution is 2.47. The lowest BCUT2D eigenvalue weighted by atomic mass is 9.83. The molecule has 168 valence electrons. The third-order valence-electron chi connectivity index (χ3n) is 6.64. The molecule has 0 spiro atoms. The number of benzene rings is 3. The Morgan fingerprint density at radius 1 is 1.06 bits per heavy atom. The second-order valence-electron chi connectivity index (χ2n) is 8.26. The van der Waals surface area contributed by atoms with Crippen molar-refractivity contribution < 1.29 is 28.8 Å². The van der Waals surface area contributed by atoms with Gasteiger partial charge in [0, 0.05) is 12.6 Å². The average molecular weight is 437 g/mol. The van der Waals surface area contributed by atoms with Crippen LogP contribution in [0.3, 0.4) is 0 Å². The molecular formula is C25H27NO6. The van der Waals surface area contributed by atoms with Crippen LogP contribution < -0.4 is 14.2 Å². The number of rotatable bonds is 4. The van der Waals surface area contributed by atoms with Crippen LogP contribution in [-0.4, -0.2) is 49.6 Å². The molecule has 1 N–H and O–H groups in total. The Hall–Kier alpha value is -3.03. The number of aliphatic hydroxyl groups excluding tert-OH is 1. The molecule has 0 radical (unpaired) electrons. The summed E-state index contributed by atoms with van der Waals surface area (Å²) in [6.07, 6.45) is 0.740. The van der Waals surface area contributed by atoms with Gasteiger partial charge in [0.05, 0.1) is 26.9 Å². The van der Waals surface area contributed by atoms with Crippen LogP contribution in [0.4, 0.5) is 4.79 Å². The highest BCUT2D eigenvalue weighted by atomic mass is 16.7. The van der Waals surface area contributed by atoms with E-state index in [1.165, 1.54) is 0 Å². The van der Waals surface area contributed by atoms with Crippen LogP contribution in [0.25, 0.3) is 21.5 Å². The number of nitrogens with zero attached hydrogens (tertiary/aromatic N) is 1. The second kappa shape index (κ2) is 8.15. The Kier molecular flexibility index (Phi) is 5.31. The van der Waals surface area contributed by atoms with E-state index < -0.39 is 12.3 Å². The minimum Gasteiger partial charge on any atom is -0.493 e. The first-order valence-electron chi connectivity index (χ1n) is 11.0. The normalized spacial score (nSPS) is 20.1. The van der Waals surface area contributed by atoms with Gasteiger partial charge in [0.25, 0.3) is 0 Å². The largest absolute Gasteiger partial charge is 0.513 e. The maximum atomic E-state index is 11.9. The van der Waals surface area contributed by atoms with Crippen molar-refractivity contribution in [3.8, 4) is 17.2 Å². The molecule has 5 rings (SSSR count). The lowest BCUT2D eigenvalue weighted by Gasteiger charge is -2.37. The molecule has 32 heavy (non-hydrogen) atoms. The van der Waals surface area contributed by atoms with Gasteiger partial charge in [-0.15, -0.1) is 0 Å². The standard InChI is InChI=1S/C25H27NO6/c1-4-31-25(28)32-14-7-8-15-16(10-14)17-11-21(29-2)22(30-3)12-18(17)19-13-26-9-5-6-20(26)24(27)23(15)19/h7-8,10-12,20,24,27H,4-6,9,13H2,1-3H3/t20-,24+/m0/s1. The van der Waals surface area contributed by atoms with E-state index in [4.69, 9.17) is 18.9 Å². The summed E-state index contributed by atoms with van der Waals surface area (Å²) in [6, 6.07) is 9.56. The Labute approximate surface area is 186 Å². The number of carbonyl (C=O) groups excluding carboxylic acids is 1. The zero-order valence-corrected chi connectivity index (χ0v) is 18.5. The number of fused-ring (bicyclic) bond motifs is 7. The monoisotopic (exact) mass is 437 g/mol. The lowest BCUT2D eigenvalue weighted by molar-refractivity contribution is 0.0552. The van der Waals surface area contributed by atoms with Gasteiger partial charge in [0.2, 0.25) is 0 Å². The fourth-order valence-corrected chi connectivity index (χ4v) is 5.26. The van der Waals surface area contributed by atoms with Gasteiger partial charge in [0.1, 0.15) is 5.75 Å². The lowest BCUT2D eigenvalue weighted by Crippen LogP contribution is -2.39. The average Bonchev–Trinajstić information content (AvgIpc) is 3.27. The van der Waals surface area contributed by atoms with E-state index in [1.807, 2.05) is 24.3 Å². The molecule has 0 aromatic heterocycles. The number of methoxy groups -OCH3 is 2. The summed E-state index contributed by atoms with van der Waals surface area (Å²) in [6.45, 7) is 3.74. The molecule has 1 fully saturated rings. The quantitative estimate of drug-likeness (QED) is 0.364. The smallest absolute Gasteiger partial charge is 0.493 e. The van der Waals surface area contributed by atoms with Gasteiger partial charge in [0.15, 0.2) is 11.5 Å². The molecule has 7 nitrogen and oxygen atoms in total. The predicted octanol–water partition coefficient (Wildman–Crippen LogP) is 4.56. The molecule has 2 aliphatic heterocycles. The topological polar surface area (TPSA) is 77.5 Å². The number of hydrogen-bond donors (Lipinski definition) is 1. The van der Waals surface area contributed by atoms with Gasteiger partial charge in [-0.25, -0.2) is 4.79 Å².